The highest BCUT2D eigenvalue weighted by molar-refractivity contribution is 6.36. The molecule has 1 aromatic heterocycles. The molecule has 0 aliphatic heterocycles. The third-order valence-corrected chi connectivity index (χ3v) is 2.77. The Morgan fingerprint density at radius 1 is 1.21 bits per heavy atom. The second-order valence-corrected chi connectivity index (χ2v) is 3.72. The van der Waals surface area contributed by atoms with Crippen LogP contribution < -0.4 is 0 Å². The normalized spacial score (nSPS) is 10.9. The minimum Gasteiger partial charge on any atom is -0.255 e. The molecule has 0 unspecified atom stereocenters. The quantitative estimate of drug-likeness (QED) is 0.646. The summed E-state index contributed by atoms with van der Waals surface area (Å²) in [5.41, 5.74) is 2.37. The number of aryl methyl sites for hydroxylation is 2. The topological polar surface area (TPSA) is 12.9 Å². The zero-order valence-corrected chi connectivity index (χ0v) is 8.69. The highest BCUT2D eigenvalue weighted by Crippen LogP contribution is 2.29. The van der Waals surface area contributed by atoms with Gasteiger partial charge in [0, 0.05) is 6.20 Å². The monoisotopic (exact) mass is 209 g/mol. The summed E-state index contributed by atoms with van der Waals surface area (Å²) in [6, 6.07) is 3.13. The van der Waals surface area contributed by atoms with Crippen molar-refractivity contribution in [1.82, 2.24) is 4.98 Å². The van der Waals surface area contributed by atoms with Gasteiger partial charge in [0.25, 0.3) is 0 Å². The maximum Gasteiger partial charge on any atom is 0.134 e. The highest BCUT2D eigenvalue weighted by atomic mass is 35.5. The van der Waals surface area contributed by atoms with Crippen molar-refractivity contribution in [3.05, 3.63) is 40.3 Å². The average molecular weight is 210 g/mol. The summed E-state index contributed by atoms with van der Waals surface area (Å²) in [4.78, 5) is 4.18. The van der Waals surface area contributed by atoms with Crippen LogP contribution in [-0.2, 0) is 0 Å². The van der Waals surface area contributed by atoms with Crippen LogP contribution in [0.1, 0.15) is 11.1 Å². The lowest BCUT2D eigenvalue weighted by Gasteiger charge is -2.06. The number of aromatic nitrogens is 1. The number of hydrogen-bond acceptors (Lipinski definition) is 1. The Morgan fingerprint density at radius 3 is 2.64 bits per heavy atom. The van der Waals surface area contributed by atoms with Gasteiger partial charge in [0.2, 0.25) is 0 Å². The first-order valence-electron chi connectivity index (χ1n) is 4.31. The van der Waals surface area contributed by atoms with E-state index in [1.165, 1.54) is 6.07 Å². The van der Waals surface area contributed by atoms with E-state index in [0.717, 1.165) is 11.1 Å². The second kappa shape index (κ2) is 3.21. The molecular weight excluding hydrogens is 201 g/mol. The van der Waals surface area contributed by atoms with Gasteiger partial charge in [-0.1, -0.05) is 17.7 Å². The van der Waals surface area contributed by atoms with E-state index < -0.39 is 0 Å². The average Bonchev–Trinajstić information content (AvgIpc) is 2.16. The van der Waals surface area contributed by atoms with Crippen molar-refractivity contribution in [2.24, 2.45) is 0 Å². The van der Waals surface area contributed by atoms with Gasteiger partial charge in [-0.05, 0) is 31.0 Å². The Bertz CT molecular complexity index is 508. The zero-order valence-electron chi connectivity index (χ0n) is 7.94. The fraction of sp³-hybridized carbons (Fsp3) is 0.182. The molecule has 0 saturated carbocycles. The lowest BCUT2D eigenvalue weighted by Crippen LogP contribution is -1.90. The molecule has 0 spiro atoms. The Balaban J connectivity index is 3.01. The van der Waals surface area contributed by atoms with Gasteiger partial charge in [-0.2, -0.15) is 0 Å². The lowest BCUT2D eigenvalue weighted by atomic mass is 10.1. The molecule has 0 radical (unpaired) electrons. The van der Waals surface area contributed by atoms with Gasteiger partial charge in [-0.25, -0.2) is 4.39 Å². The molecular formula is C11H9ClFN. The lowest BCUT2D eigenvalue weighted by molar-refractivity contribution is 0.639. The van der Waals surface area contributed by atoms with Gasteiger partial charge in [-0.15, -0.1) is 0 Å². The van der Waals surface area contributed by atoms with Gasteiger partial charge in [0.05, 0.1) is 15.9 Å². The van der Waals surface area contributed by atoms with E-state index in [1.54, 1.807) is 12.3 Å². The summed E-state index contributed by atoms with van der Waals surface area (Å²) in [6.07, 6.45) is 1.66. The second-order valence-electron chi connectivity index (χ2n) is 3.34. The first-order valence-corrected chi connectivity index (χ1v) is 4.69. The summed E-state index contributed by atoms with van der Waals surface area (Å²) < 4.78 is 13.5. The maximum atomic E-state index is 13.5. The van der Waals surface area contributed by atoms with Gasteiger partial charge in [0.1, 0.15) is 5.82 Å². The summed E-state index contributed by atoms with van der Waals surface area (Å²) in [5, 5.41) is 0.878. The van der Waals surface area contributed by atoms with Crippen molar-refractivity contribution in [1.29, 1.82) is 0 Å². The van der Waals surface area contributed by atoms with E-state index in [9.17, 15) is 4.39 Å². The van der Waals surface area contributed by atoms with E-state index in [0.29, 0.717) is 15.9 Å². The molecule has 2 rings (SSSR count). The molecule has 72 valence electrons. The summed E-state index contributed by atoms with van der Waals surface area (Å²) in [5.74, 6) is -0.313. The zero-order chi connectivity index (χ0) is 10.3. The Labute approximate surface area is 86.5 Å². The molecule has 1 heterocycles. The van der Waals surface area contributed by atoms with Crippen LogP contribution in [0.5, 0.6) is 0 Å². The number of hydrogen-bond donors (Lipinski definition) is 0. The molecule has 3 heteroatoms. The van der Waals surface area contributed by atoms with E-state index in [1.807, 2.05) is 13.8 Å². The molecule has 2 aromatic rings. The Kier molecular flexibility index (Phi) is 2.16. The molecule has 0 atom stereocenters. The van der Waals surface area contributed by atoms with Crippen molar-refractivity contribution in [3.8, 4) is 0 Å². The Hall–Kier alpha value is -1.15. The molecule has 0 saturated heterocycles. The van der Waals surface area contributed by atoms with Crippen LogP contribution in [0.3, 0.4) is 0 Å². The van der Waals surface area contributed by atoms with E-state index in [4.69, 9.17) is 11.6 Å². The van der Waals surface area contributed by atoms with Gasteiger partial charge < -0.3 is 0 Å². The summed E-state index contributed by atoms with van der Waals surface area (Å²) >= 11 is 6.02. The predicted octanol–water partition coefficient (Wildman–Crippen LogP) is 3.64. The number of benzene rings is 1. The van der Waals surface area contributed by atoms with E-state index in [-0.39, 0.29) is 5.82 Å². The fourth-order valence-corrected chi connectivity index (χ4v) is 1.69. The minimum atomic E-state index is -0.313. The first kappa shape index (κ1) is 9.41. The standard InChI is InChI=1S/C11H9ClFN/c1-6-3-4-8(13)9-10(12)7(2)5-14-11(6)9/h3-5H,1-2H3. The molecule has 0 amide bonds. The van der Waals surface area contributed by atoms with Crippen molar-refractivity contribution >= 4 is 22.5 Å². The molecule has 14 heavy (non-hydrogen) atoms. The van der Waals surface area contributed by atoms with E-state index in [2.05, 4.69) is 4.98 Å². The maximum absolute atomic E-state index is 13.5. The molecule has 0 aliphatic carbocycles. The third kappa shape index (κ3) is 1.26. The number of rotatable bonds is 0. The molecule has 0 aliphatic rings. The fourth-order valence-electron chi connectivity index (χ4n) is 1.46. The van der Waals surface area contributed by atoms with Crippen LogP contribution in [-0.4, -0.2) is 4.98 Å². The van der Waals surface area contributed by atoms with Crippen molar-refractivity contribution in [2.75, 3.05) is 0 Å². The number of nitrogens with zero attached hydrogens (tertiary/aromatic N) is 1. The van der Waals surface area contributed by atoms with Crippen LogP contribution in [0.2, 0.25) is 5.02 Å². The predicted molar refractivity (Wildman–Crippen MR) is 56.2 cm³/mol. The molecule has 0 N–H and O–H groups in total. The molecule has 0 bridgehead atoms. The van der Waals surface area contributed by atoms with Crippen LogP contribution >= 0.6 is 11.6 Å². The summed E-state index contributed by atoms with van der Waals surface area (Å²) in [6.45, 7) is 3.71. The number of halogens is 2. The van der Waals surface area contributed by atoms with Gasteiger partial charge >= 0.3 is 0 Å². The largest absolute Gasteiger partial charge is 0.255 e. The third-order valence-electron chi connectivity index (χ3n) is 2.28. The minimum absolute atomic E-state index is 0.313. The van der Waals surface area contributed by atoms with Crippen molar-refractivity contribution < 1.29 is 4.39 Å². The number of fused-ring (bicyclic) bond motifs is 1. The van der Waals surface area contributed by atoms with Crippen LogP contribution in [0.4, 0.5) is 4.39 Å². The van der Waals surface area contributed by atoms with Crippen molar-refractivity contribution in [3.63, 3.8) is 0 Å². The Morgan fingerprint density at radius 2 is 1.93 bits per heavy atom. The van der Waals surface area contributed by atoms with Gasteiger partial charge in [0.15, 0.2) is 0 Å². The van der Waals surface area contributed by atoms with Crippen LogP contribution in [0, 0.1) is 19.7 Å². The molecule has 0 fully saturated rings. The highest BCUT2D eigenvalue weighted by Gasteiger charge is 2.10. The van der Waals surface area contributed by atoms with Gasteiger partial charge in [-0.3, -0.25) is 4.98 Å². The van der Waals surface area contributed by atoms with Crippen LogP contribution in [0.25, 0.3) is 10.9 Å². The molecule has 1 nitrogen and oxygen atoms in total. The first-order chi connectivity index (χ1) is 6.61. The molecule has 1 aromatic carbocycles. The number of pyridine rings is 1. The van der Waals surface area contributed by atoms with Crippen LogP contribution in [0.15, 0.2) is 18.3 Å². The summed E-state index contributed by atoms with van der Waals surface area (Å²) in [7, 11) is 0. The smallest absolute Gasteiger partial charge is 0.134 e. The van der Waals surface area contributed by atoms with Crippen molar-refractivity contribution in [2.45, 2.75) is 13.8 Å². The SMILES string of the molecule is Cc1cnc2c(C)ccc(F)c2c1Cl. The van der Waals surface area contributed by atoms with E-state index >= 15 is 0 Å².